The van der Waals surface area contributed by atoms with E-state index in [9.17, 15) is 4.79 Å². The molecule has 0 spiro atoms. The number of hydrogen-bond donors (Lipinski definition) is 2. The van der Waals surface area contributed by atoms with Gasteiger partial charge in [-0.3, -0.25) is 0 Å². The van der Waals surface area contributed by atoms with Crippen molar-refractivity contribution >= 4 is 6.03 Å². The van der Waals surface area contributed by atoms with E-state index in [1.165, 1.54) is 0 Å². The largest absolute Gasteiger partial charge is 0.487 e. The maximum Gasteiger partial charge on any atom is 0.315 e. The molecule has 4 heteroatoms. The third-order valence-corrected chi connectivity index (χ3v) is 3.22. The molecule has 0 aliphatic carbocycles. The number of rotatable bonds is 3. The summed E-state index contributed by atoms with van der Waals surface area (Å²) in [4.78, 5) is 11.8. The van der Waals surface area contributed by atoms with Crippen molar-refractivity contribution in [3.05, 3.63) is 29.8 Å². The Morgan fingerprint density at radius 2 is 2.16 bits per heavy atom. The zero-order valence-electron chi connectivity index (χ0n) is 11.8. The zero-order chi connectivity index (χ0) is 13.9. The summed E-state index contributed by atoms with van der Waals surface area (Å²) in [6, 6.07) is 7.77. The summed E-state index contributed by atoms with van der Waals surface area (Å²) in [6.07, 6.45) is 1.70. The van der Waals surface area contributed by atoms with Crippen molar-refractivity contribution in [2.45, 2.75) is 45.3 Å². The molecule has 0 fully saturated rings. The van der Waals surface area contributed by atoms with Gasteiger partial charge in [-0.05, 0) is 26.3 Å². The molecule has 0 saturated carbocycles. The van der Waals surface area contributed by atoms with Crippen molar-refractivity contribution < 1.29 is 9.53 Å². The van der Waals surface area contributed by atoms with Gasteiger partial charge in [-0.15, -0.1) is 0 Å². The minimum atomic E-state index is -0.267. The third kappa shape index (κ3) is 3.40. The molecule has 2 amide bonds. The molecule has 0 radical (unpaired) electrons. The van der Waals surface area contributed by atoms with Crippen LogP contribution in [0, 0.1) is 0 Å². The predicted molar refractivity (Wildman–Crippen MR) is 75.3 cm³/mol. The minimum Gasteiger partial charge on any atom is -0.487 e. The fourth-order valence-corrected chi connectivity index (χ4v) is 2.38. The van der Waals surface area contributed by atoms with Gasteiger partial charge in [0.15, 0.2) is 0 Å². The van der Waals surface area contributed by atoms with Crippen LogP contribution in [0.15, 0.2) is 24.3 Å². The molecule has 104 valence electrons. The normalized spacial score (nSPS) is 20.1. The van der Waals surface area contributed by atoms with E-state index in [0.717, 1.165) is 24.2 Å². The molecule has 1 aliphatic rings. The van der Waals surface area contributed by atoms with Crippen LogP contribution in [-0.4, -0.2) is 18.2 Å². The van der Waals surface area contributed by atoms with Gasteiger partial charge in [0.2, 0.25) is 0 Å². The number of amides is 2. The maximum atomic E-state index is 11.8. The summed E-state index contributed by atoms with van der Waals surface area (Å²) in [7, 11) is 0. The van der Waals surface area contributed by atoms with Gasteiger partial charge in [-0.25, -0.2) is 4.79 Å². The molecule has 4 nitrogen and oxygen atoms in total. The Kier molecular flexibility index (Phi) is 3.98. The molecule has 19 heavy (non-hydrogen) atoms. The molecule has 0 aromatic heterocycles. The molecule has 2 N–H and O–H groups in total. The van der Waals surface area contributed by atoms with Gasteiger partial charge in [0, 0.05) is 18.5 Å². The lowest BCUT2D eigenvalue weighted by Gasteiger charge is -2.37. The van der Waals surface area contributed by atoms with Gasteiger partial charge in [-0.2, -0.15) is 0 Å². The first-order valence-electron chi connectivity index (χ1n) is 6.84. The number of urea groups is 1. The van der Waals surface area contributed by atoms with Gasteiger partial charge in [0.05, 0.1) is 6.04 Å². The number of para-hydroxylation sites is 1. The van der Waals surface area contributed by atoms with Gasteiger partial charge >= 0.3 is 6.03 Å². The lowest BCUT2D eigenvalue weighted by Crippen LogP contribution is -2.44. The van der Waals surface area contributed by atoms with E-state index in [2.05, 4.69) is 10.6 Å². The van der Waals surface area contributed by atoms with Crippen LogP contribution < -0.4 is 15.4 Å². The van der Waals surface area contributed by atoms with Gasteiger partial charge in [0.1, 0.15) is 11.4 Å². The Bertz CT molecular complexity index is 457. The Morgan fingerprint density at radius 1 is 1.42 bits per heavy atom. The number of benzene rings is 1. The second-order valence-corrected chi connectivity index (χ2v) is 5.56. The van der Waals surface area contributed by atoms with Crippen LogP contribution in [0.3, 0.4) is 0 Å². The number of nitrogens with one attached hydrogen (secondary N) is 2. The van der Waals surface area contributed by atoms with Gasteiger partial charge in [-0.1, -0.05) is 25.1 Å². The fourth-order valence-electron chi connectivity index (χ4n) is 2.38. The van der Waals surface area contributed by atoms with Crippen LogP contribution in [0.25, 0.3) is 0 Å². The Morgan fingerprint density at radius 3 is 2.89 bits per heavy atom. The quantitative estimate of drug-likeness (QED) is 0.879. The summed E-state index contributed by atoms with van der Waals surface area (Å²) in [5.41, 5.74) is 0.783. The van der Waals surface area contributed by atoms with Crippen LogP contribution in [0.1, 0.15) is 45.2 Å². The molecular formula is C15H22N2O2. The van der Waals surface area contributed by atoms with Crippen molar-refractivity contribution in [1.82, 2.24) is 10.6 Å². The SMILES string of the molecule is CCCNC(=O)NC1CC(C)(C)Oc2ccccc21. The first kappa shape index (κ1) is 13.7. The van der Waals surface area contributed by atoms with Crippen molar-refractivity contribution in [2.75, 3.05) is 6.54 Å². The standard InChI is InChI=1S/C15H22N2O2/c1-4-9-16-14(18)17-12-10-15(2,3)19-13-8-6-5-7-11(12)13/h5-8,12H,4,9-10H2,1-3H3,(H2,16,17,18). The van der Waals surface area contributed by atoms with Gasteiger partial charge in [0.25, 0.3) is 0 Å². The highest BCUT2D eigenvalue weighted by molar-refractivity contribution is 5.74. The summed E-state index contributed by atoms with van der Waals surface area (Å²) < 4.78 is 5.94. The van der Waals surface area contributed by atoms with Crippen LogP contribution >= 0.6 is 0 Å². The average Bonchev–Trinajstić information content (AvgIpc) is 2.35. The van der Waals surface area contributed by atoms with Crippen LogP contribution in [0.2, 0.25) is 0 Å². The Balaban J connectivity index is 2.13. The highest BCUT2D eigenvalue weighted by Gasteiger charge is 2.34. The lowest BCUT2D eigenvalue weighted by molar-refractivity contribution is 0.0679. The number of ether oxygens (including phenoxy) is 1. The molecule has 1 aliphatic heterocycles. The molecule has 1 aromatic rings. The molecule has 0 saturated heterocycles. The molecule has 1 atom stereocenters. The summed E-state index contributed by atoms with van der Waals surface area (Å²) >= 11 is 0. The topological polar surface area (TPSA) is 50.4 Å². The van der Waals surface area contributed by atoms with Crippen LogP contribution in [0.4, 0.5) is 4.79 Å². The second-order valence-electron chi connectivity index (χ2n) is 5.56. The molecule has 2 rings (SSSR count). The average molecular weight is 262 g/mol. The Hall–Kier alpha value is -1.71. The van der Waals surface area contributed by atoms with Crippen molar-refractivity contribution in [1.29, 1.82) is 0 Å². The first-order chi connectivity index (χ1) is 9.02. The Labute approximate surface area is 114 Å². The van der Waals surface area contributed by atoms with E-state index in [0.29, 0.717) is 6.54 Å². The number of hydrogen-bond acceptors (Lipinski definition) is 2. The molecule has 1 aromatic carbocycles. The minimum absolute atomic E-state index is 0.00296. The van der Waals surface area contributed by atoms with E-state index in [1.54, 1.807) is 0 Å². The number of carbonyl (C=O) groups excluding carboxylic acids is 1. The smallest absolute Gasteiger partial charge is 0.315 e. The molecule has 1 unspecified atom stereocenters. The first-order valence-corrected chi connectivity index (χ1v) is 6.84. The zero-order valence-corrected chi connectivity index (χ0v) is 11.8. The van der Waals surface area contributed by atoms with Crippen molar-refractivity contribution in [2.24, 2.45) is 0 Å². The van der Waals surface area contributed by atoms with E-state index < -0.39 is 0 Å². The van der Waals surface area contributed by atoms with Crippen LogP contribution in [0.5, 0.6) is 5.75 Å². The summed E-state index contributed by atoms with van der Waals surface area (Å²) in [5.74, 6) is 0.861. The van der Waals surface area contributed by atoms with Crippen LogP contribution in [-0.2, 0) is 0 Å². The number of fused-ring (bicyclic) bond motifs is 1. The molecule has 1 heterocycles. The highest BCUT2D eigenvalue weighted by Crippen LogP contribution is 2.38. The summed E-state index contributed by atoms with van der Waals surface area (Å²) in [5, 5.41) is 5.88. The lowest BCUT2D eigenvalue weighted by atomic mass is 9.90. The van der Waals surface area contributed by atoms with Gasteiger partial charge < -0.3 is 15.4 Å². The van der Waals surface area contributed by atoms with E-state index in [-0.39, 0.29) is 17.7 Å². The maximum absolute atomic E-state index is 11.8. The van der Waals surface area contributed by atoms with E-state index in [1.807, 2.05) is 45.0 Å². The van der Waals surface area contributed by atoms with E-state index >= 15 is 0 Å². The monoisotopic (exact) mass is 262 g/mol. The third-order valence-electron chi connectivity index (χ3n) is 3.22. The fraction of sp³-hybridized carbons (Fsp3) is 0.533. The molecule has 0 bridgehead atoms. The second kappa shape index (κ2) is 5.51. The van der Waals surface area contributed by atoms with Crippen molar-refractivity contribution in [3.63, 3.8) is 0 Å². The summed E-state index contributed by atoms with van der Waals surface area (Å²) in [6.45, 7) is 6.82. The molecular weight excluding hydrogens is 240 g/mol. The van der Waals surface area contributed by atoms with E-state index in [4.69, 9.17) is 4.74 Å². The predicted octanol–water partition coefficient (Wildman–Crippen LogP) is 3.00. The van der Waals surface area contributed by atoms with Crippen molar-refractivity contribution in [3.8, 4) is 5.75 Å². The number of carbonyl (C=O) groups is 1. The highest BCUT2D eigenvalue weighted by atomic mass is 16.5.